The van der Waals surface area contributed by atoms with Crippen molar-refractivity contribution in [2.24, 2.45) is 17.3 Å². The number of cyclic esters (lactones) is 1. The van der Waals surface area contributed by atoms with E-state index in [9.17, 15) is 4.79 Å². The Morgan fingerprint density at radius 1 is 1.53 bits per heavy atom. The molecule has 4 atom stereocenters. The average Bonchev–Trinajstić information content (AvgIpc) is 2.82. The molecule has 0 radical (unpaired) electrons. The van der Waals surface area contributed by atoms with Gasteiger partial charge >= 0.3 is 5.97 Å². The molecule has 3 rings (SSSR count). The largest absolute Gasteiger partial charge is 0.465 e. The molecule has 0 N–H and O–H groups in total. The van der Waals surface area contributed by atoms with E-state index in [0.29, 0.717) is 25.0 Å². The lowest BCUT2D eigenvalue weighted by Gasteiger charge is -2.36. The minimum absolute atomic E-state index is 0.00664. The molecule has 2 saturated carbocycles. The maximum absolute atomic E-state index is 11.3. The number of ether oxygens (including phenoxy) is 2. The molecule has 2 aliphatic carbocycles. The minimum atomic E-state index is 0.00664. The lowest BCUT2D eigenvalue weighted by molar-refractivity contribution is -0.137. The van der Waals surface area contributed by atoms with Crippen LogP contribution in [0.25, 0.3) is 0 Å². The van der Waals surface area contributed by atoms with Crippen LogP contribution in [0.4, 0.5) is 0 Å². The molecule has 15 heavy (non-hydrogen) atoms. The van der Waals surface area contributed by atoms with Crippen molar-refractivity contribution >= 4 is 16.2 Å². The summed E-state index contributed by atoms with van der Waals surface area (Å²) < 4.78 is 11.0. The smallest absolute Gasteiger partial charge is 0.306 e. The van der Waals surface area contributed by atoms with Crippen LogP contribution in [-0.2, 0) is 14.3 Å². The topological polar surface area (TPSA) is 35.5 Å². The van der Waals surface area contributed by atoms with Crippen LogP contribution >= 0.6 is 0 Å². The Morgan fingerprint density at radius 3 is 3.00 bits per heavy atom. The summed E-state index contributed by atoms with van der Waals surface area (Å²) in [5.74, 6) is 1.40. The molecular weight excluding hydrogens is 208 g/mol. The van der Waals surface area contributed by atoms with E-state index in [1.807, 2.05) is 0 Å². The molecule has 3 aliphatic rings. The predicted octanol–water partition coefficient (Wildman–Crippen LogP) is 0.0577. The van der Waals surface area contributed by atoms with Crippen molar-refractivity contribution in [3.8, 4) is 0 Å². The Balaban J connectivity index is 1.79. The highest BCUT2D eigenvalue weighted by atomic mass is 28.1. The minimum Gasteiger partial charge on any atom is -0.465 e. The number of carbonyl (C=O) groups excluding carboxylic acids is 1. The molecule has 2 bridgehead atoms. The SMILES string of the molecule is O=C1CC2(CO1)CC1CC(OC[SiH3])C2C1. The van der Waals surface area contributed by atoms with Gasteiger partial charge in [0, 0.05) is 21.9 Å². The zero-order valence-electron chi connectivity index (χ0n) is 9.20. The Hall–Kier alpha value is -0.353. The molecule has 4 unspecified atom stereocenters. The second kappa shape index (κ2) is 3.32. The number of rotatable bonds is 2. The first kappa shape index (κ1) is 9.84. The standard InChI is InChI=1S/C11H18O3Si/c12-10-4-11(5-13-10)3-7-1-8(11)9(2-7)14-6-15/h7-9H,1-6H2,15H3. The molecule has 0 aromatic heterocycles. The van der Waals surface area contributed by atoms with Gasteiger partial charge in [0.05, 0.1) is 19.1 Å². The number of hydrogen-bond acceptors (Lipinski definition) is 3. The Labute approximate surface area is 92.9 Å². The van der Waals surface area contributed by atoms with Crippen molar-refractivity contribution in [1.29, 1.82) is 0 Å². The first-order valence-electron chi connectivity index (χ1n) is 6.01. The Bertz CT molecular complexity index is 294. The fourth-order valence-corrected chi connectivity index (χ4v) is 4.45. The summed E-state index contributed by atoms with van der Waals surface area (Å²) in [6, 6.07) is 0. The molecule has 1 saturated heterocycles. The quantitative estimate of drug-likeness (QED) is 0.493. The maximum Gasteiger partial charge on any atom is 0.306 e. The maximum atomic E-state index is 11.3. The molecule has 1 aliphatic heterocycles. The second-order valence-corrected chi connectivity index (χ2v) is 5.92. The van der Waals surface area contributed by atoms with E-state index in [0.717, 1.165) is 22.4 Å². The number of esters is 1. The van der Waals surface area contributed by atoms with E-state index in [4.69, 9.17) is 9.47 Å². The van der Waals surface area contributed by atoms with Gasteiger partial charge < -0.3 is 9.47 Å². The highest BCUT2D eigenvalue weighted by Gasteiger charge is 2.59. The van der Waals surface area contributed by atoms with Gasteiger partial charge in [-0.1, -0.05) is 0 Å². The van der Waals surface area contributed by atoms with Crippen molar-refractivity contribution in [2.45, 2.75) is 31.8 Å². The molecule has 0 amide bonds. The number of carbonyl (C=O) groups is 1. The van der Waals surface area contributed by atoms with Crippen LogP contribution in [0.3, 0.4) is 0 Å². The van der Waals surface area contributed by atoms with Crippen LogP contribution in [0, 0.1) is 17.3 Å². The zero-order valence-corrected chi connectivity index (χ0v) is 11.2. The third kappa shape index (κ3) is 1.38. The normalized spacial score (nSPS) is 48.0. The summed E-state index contributed by atoms with van der Waals surface area (Å²) in [6.45, 7) is 0.661. The van der Waals surface area contributed by atoms with Gasteiger partial charge in [0.15, 0.2) is 0 Å². The highest BCUT2D eigenvalue weighted by molar-refractivity contribution is 6.08. The van der Waals surface area contributed by atoms with Crippen LogP contribution < -0.4 is 0 Å². The van der Waals surface area contributed by atoms with Gasteiger partial charge in [0.25, 0.3) is 0 Å². The second-order valence-electron chi connectivity index (χ2n) is 5.34. The molecule has 3 nitrogen and oxygen atoms in total. The van der Waals surface area contributed by atoms with Crippen molar-refractivity contribution in [3.63, 3.8) is 0 Å². The fourth-order valence-electron chi connectivity index (χ4n) is 4.02. The highest BCUT2D eigenvalue weighted by Crippen LogP contribution is 2.60. The van der Waals surface area contributed by atoms with E-state index in [-0.39, 0.29) is 11.4 Å². The van der Waals surface area contributed by atoms with Crippen molar-refractivity contribution < 1.29 is 14.3 Å². The van der Waals surface area contributed by atoms with Gasteiger partial charge in [-0.15, -0.1) is 0 Å². The first-order chi connectivity index (χ1) is 7.23. The van der Waals surface area contributed by atoms with E-state index in [2.05, 4.69) is 0 Å². The molecule has 84 valence electrons. The van der Waals surface area contributed by atoms with Crippen molar-refractivity contribution in [1.82, 2.24) is 0 Å². The van der Waals surface area contributed by atoms with Gasteiger partial charge in [-0.3, -0.25) is 4.79 Å². The van der Waals surface area contributed by atoms with Crippen LogP contribution in [0.1, 0.15) is 25.7 Å². The van der Waals surface area contributed by atoms with Gasteiger partial charge in [-0.2, -0.15) is 0 Å². The summed E-state index contributed by atoms with van der Waals surface area (Å²) in [7, 11) is 1.11. The summed E-state index contributed by atoms with van der Waals surface area (Å²) in [5.41, 5.74) is 0.168. The molecule has 0 aromatic rings. The van der Waals surface area contributed by atoms with Gasteiger partial charge in [-0.25, -0.2) is 0 Å². The third-order valence-electron chi connectivity index (χ3n) is 4.48. The fraction of sp³-hybridized carbons (Fsp3) is 0.909. The number of fused-ring (bicyclic) bond motifs is 3. The lowest BCUT2D eigenvalue weighted by atomic mass is 9.71. The van der Waals surface area contributed by atoms with Crippen LogP contribution in [0.15, 0.2) is 0 Å². The Morgan fingerprint density at radius 2 is 2.40 bits per heavy atom. The zero-order chi connectivity index (χ0) is 10.5. The molecule has 4 heteroatoms. The lowest BCUT2D eigenvalue weighted by Crippen LogP contribution is -2.38. The Kier molecular flexibility index (Phi) is 2.18. The third-order valence-corrected chi connectivity index (χ3v) is 4.81. The first-order valence-corrected chi connectivity index (χ1v) is 7.42. The predicted molar refractivity (Wildman–Crippen MR) is 58.5 cm³/mol. The monoisotopic (exact) mass is 226 g/mol. The average molecular weight is 226 g/mol. The molecule has 0 aromatic carbocycles. The van der Waals surface area contributed by atoms with Crippen LogP contribution in [0.5, 0.6) is 0 Å². The van der Waals surface area contributed by atoms with Crippen molar-refractivity contribution in [3.05, 3.63) is 0 Å². The molecular formula is C11H18O3Si. The van der Waals surface area contributed by atoms with Gasteiger partial charge in [0.1, 0.15) is 0 Å². The molecule has 1 spiro atoms. The molecule has 1 heterocycles. The van der Waals surface area contributed by atoms with Gasteiger partial charge in [-0.05, 0) is 31.1 Å². The molecule has 3 fully saturated rings. The van der Waals surface area contributed by atoms with Crippen LogP contribution in [-0.4, -0.2) is 35.2 Å². The number of hydrogen-bond donors (Lipinski definition) is 0. The van der Waals surface area contributed by atoms with Crippen LogP contribution in [0.2, 0.25) is 0 Å². The van der Waals surface area contributed by atoms with E-state index in [1.54, 1.807) is 0 Å². The van der Waals surface area contributed by atoms with Crippen molar-refractivity contribution in [2.75, 3.05) is 12.8 Å². The summed E-state index contributed by atoms with van der Waals surface area (Å²) in [4.78, 5) is 11.3. The summed E-state index contributed by atoms with van der Waals surface area (Å²) in [6.07, 6.45) is 5.69. The summed E-state index contributed by atoms with van der Waals surface area (Å²) >= 11 is 0. The van der Waals surface area contributed by atoms with Gasteiger partial charge in [0.2, 0.25) is 0 Å². The summed E-state index contributed by atoms with van der Waals surface area (Å²) in [5, 5.41) is 0. The van der Waals surface area contributed by atoms with E-state index >= 15 is 0 Å². The van der Waals surface area contributed by atoms with E-state index in [1.165, 1.54) is 19.3 Å². The van der Waals surface area contributed by atoms with E-state index < -0.39 is 0 Å².